The van der Waals surface area contributed by atoms with Crippen LogP contribution in [0.1, 0.15) is 50.4 Å². The maximum absolute atomic E-state index is 12.7. The molecule has 1 aromatic rings. The van der Waals surface area contributed by atoms with Crippen molar-refractivity contribution in [2.75, 3.05) is 7.05 Å². The summed E-state index contributed by atoms with van der Waals surface area (Å²) in [5.74, 6) is 1.09. The summed E-state index contributed by atoms with van der Waals surface area (Å²) in [5.41, 5.74) is 2.15. The number of aromatic amines is 1. The zero-order valence-corrected chi connectivity index (χ0v) is 13.1. The van der Waals surface area contributed by atoms with Crippen LogP contribution in [0.3, 0.4) is 0 Å². The zero-order valence-electron chi connectivity index (χ0n) is 13.1. The largest absolute Gasteiger partial charge is 0.347 e. The number of nitrogens with one attached hydrogen (secondary N) is 2. The first kappa shape index (κ1) is 14.6. The van der Waals surface area contributed by atoms with Gasteiger partial charge in [-0.2, -0.15) is 0 Å². The summed E-state index contributed by atoms with van der Waals surface area (Å²) in [6.07, 6.45) is 8.53. The molecule has 0 aromatic carbocycles. The number of carbonyl (C=O) groups excluding carboxylic acids is 1. The minimum absolute atomic E-state index is 0.116. The molecule has 1 atom stereocenters. The number of hydrogen-bond donors (Lipinski definition) is 2. The Morgan fingerprint density at radius 1 is 1.38 bits per heavy atom. The van der Waals surface area contributed by atoms with E-state index >= 15 is 0 Å². The van der Waals surface area contributed by atoms with Gasteiger partial charge in [-0.05, 0) is 31.6 Å². The van der Waals surface area contributed by atoms with E-state index in [-0.39, 0.29) is 11.9 Å². The van der Waals surface area contributed by atoms with Crippen LogP contribution in [0.5, 0.6) is 0 Å². The van der Waals surface area contributed by atoms with Gasteiger partial charge in [-0.15, -0.1) is 0 Å². The van der Waals surface area contributed by atoms with Gasteiger partial charge in [0, 0.05) is 26.1 Å². The molecule has 2 aliphatic rings. The quantitative estimate of drug-likeness (QED) is 0.893. The Kier molecular flexibility index (Phi) is 4.29. The second kappa shape index (κ2) is 6.18. The lowest BCUT2D eigenvalue weighted by atomic mass is 9.84. The first-order valence-electron chi connectivity index (χ1n) is 8.20. The van der Waals surface area contributed by atoms with Crippen LogP contribution in [-0.2, 0) is 17.8 Å². The van der Waals surface area contributed by atoms with Crippen molar-refractivity contribution in [2.45, 2.75) is 64.1 Å². The lowest BCUT2D eigenvalue weighted by Crippen LogP contribution is -2.51. The van der Waals surface area contributed by atoms with Gasteiger partial charge in [0.1, 0.15) is 0 Å². The van der Waals surface area contributed by atoms with Crippen molar-refractivity contribution >= 4 is 5.91 Å². The summed E-state index contributed by atoms with van der Waals surface area (Å²) in [6, 6.07) is 0.303. The summed E-state index contributed by atoms with van der Waals surface area (Å²) in [4.78, 5) is 22.1. The maximum Gasteiger partial charge on any atom is 0.240 e. The molecule has 1 fully saturated rings. The molecule has 21 heavy (non-hydrogen) atoms. The highest BCUT2D eigenvalue weighted by Gasteiger charge is 2.32. The van der Waals surface area contributed by atoms with Crippen molar-refractivity contribution in [3.05, 3.63) is 17.7 Å². The highest BCUT2D eigenvalue weighted by Crippen LogP contribution is 2.29. The molecule has 0 bridgehead atoms. The van der Waals surface area contributed by atoms with Gasteiger partial charge < -0.3 is 9.88 Å². The smallest absolute Gasteiger partial charge is 0.240 e. The van der Waals surface area contributed by atoms with Crippen LogP contribution >= 0.6 is 0 Å². The van der Waals surface area contributed by atoms with Crippen molar-refractivity contribution in [3.8, 4) is 0 Å². The van der Waals surface area contributed by atoms with E-state index in [1.165, 1.54) is 19.3 Å². The molecule has 5 nitrogen and oxygen atoms in total. The van der Waals surface area contributed by atoms with E-state index in [1.807, 2.05) is 11.9 Å². The van der Waals surface area contributed by atoms with Gasteiger partial charge in [0.15, 0.2) is 0 Å². The molecular weight excluding hydrogens is 264 g/mol. The highest BCUT2D eigenvalue weighted by molar-refractivity contribution is 5.82. The van der Waals surface area contributed by atoms with Crippen LogP contribution in [0.15, 0.2) is 6.33 Å². The average Bonchev–Trinajstić information content (AvgIpc) is 3.01. The molecule has 116 valence electrons. The fourth-order valence-electron chi connectivity index (χ4n) is 3.71. The summed E-state index contributed by atoms with van der Waals surface area (Å²) in [6.45, 7) is 2.98. The Hall–Kier alpha value is -1.36. The molecular formula is C16H26N4O. The summed E-state index contributed by atoms with van der Waals surface area (Å²) < 4.78 is 0. The number of imidazole rings is 1. The number of carbonyl (C=O) groups is 1. The van der Waals surface area contributed by atoms with E-state index < -0.39 is 0 Å². The lowest BCUT2D eigenvalue weighted by Gasteiger charge is -2.37. The van der Waals surface area contributed by atoms with E-state index in [2.05, 4.69) is 22.2 Å². The van der Waals surface area contributed by atoms with Crippen molar-refractivity contribution in [3.63, 3.8) is 0 Å². The number of likely N-dealkylation sites (N-methyl/N-ethyl adjacent to an activating group) is 1. The third-order valence-corrected chi connectivity index (χ3v) is 5.32. The molecule has 0 radical (unpaired) electrons. The summed E-state index contributed by atoms with van der Waals surface area (Å²) in [5, 5.41) is 3.34. The number of amides is 1. The van der Waals surface area contributed by atoms with Crippen LogP contribution < -0.4 is 5.32 Å². The van der Waals surface area contributed by atoms with E-state index in [0.29, 0.717) is 19.0 Å². The molecule has 0 saturated heterocycles. The van der Waals surface area contributed by atoms with Gasteiger partial charge in [0.05, 0.1) is 23.8 Å². The van der Waals surface area contributed by atoms with Crippen LogP contribution in [-0.4, -0.2) is 39.9 Å². The fraction of sp³-hybridized carbons (Fsp3) is 0.750. The predicted molar refractivity (Wildman–Crippen MR) is 81.7 cm³/mol. The maximum atomic E-state index is 12.7. The Morgan fingerprint density at radius 3 is 2.86 bits per heavy atom. The number of nitrogens with zero attached hydrogens (tertiary/aromatic N) is 2. The molecule has 2 heterocycles. The normalized spacial score (nSPS) is 29.0. The van der Waals surface area contributed by atoms with E-state index in [9.17, 15) is 4.79 Å². The van der Waals surface area contributed by atoms with Crippen LogP contribution in [0, 0.1) is 5.92 Å². The Labute approximate surface area is 126 Å². The number of hydrogen-bond acceptors (Lipinski definition) is 3. The first-order chi connectivity index (χ1) is 10.2. The molecule has 3 rings (SSSR count). The van der Waals surface area contributed by atoms with Gasteiger partial charge >= 0.3 is 0 Å². The number of fused-ring (bicyclic) bond motifs is 1. The molecule has 1 saturated carbocycles. The van der Waals surface area contributed by atoms with E-state index in [1.54, 1.807) is 6.33 Å². The number of H-pyrrole nitrogens is 1. The van der Waals surface area contributed by atoms with Crippen LogP contribution in [0.4, 0.5) is 0 Å². The third kappa shape index (κ3) is 2.98. The highest BCUT2D eigenvalue weighted by atomic mass is 16.2. The Balaban J connectivity index is 1.58. The van der Waals surface area contributed by atoms with Gasteiger partial charge in [-0.25, -0.2) is 4.98 Å². The monoisotopic (exact) mass is 290 g/mol. The van der Waals surface area contributed by atoms with Gasteiger partial charge in [-0.3, -0.25) is 10.1 Å². The predicted octanol–water partition coefficient (Wildman–Crippen LogP) is 1.85. The molecule has 1 aromatic heterocycles. The first-order valence-corrected chi connectivity index (χ1v) is 8.20. The fourth-order valence-corrected chi connectivity index (χ4v) is 3.71. The van der Waals surface area contributed by atoms with Crippen molar-refractivity contribution in [2.24, 2.45) is 5.92 Å². The Morgan fingerprint density at radius 2 is 2.14 bits per heavy atom. The van der Waals surface area contributed by atoms with Crippen LogP contribution in [0.25, 0.3) is 0 Å². The van der Waals surface area contributed by atoms with E-state index in [0.717, 1.165) is 30.1 Å². The summed E-state index contributed by atoms with van der Waals surface area (Å²) in [7, 11) is 1.97. The molecule has 1 amide bonds. The second-order valence-corrected chi connectivity index (χ2v) is 6.50. The molecule has 2 N–H and O–H groups in total. The summed E-state index contributed by atoms with van der Waals surface area (Å²) >= 11 is 0. The minimum atomic E-state index is -0.116. The zero-order chi connectivity index (χ0) is 14.8. The molecule has 5 heteroatoms. The van der Waals surface area contributed by atoms with Gasteiger partial charge in [-0.1, -0.05) is 13.3 Å². The molecule has 0 spiro atoms. The topological polar surface area (TPSA) is 61.0 Å². The number of rotatable bonds is 3. The third-order valence-electron chi connectivity index (χ3n) is 5.32. The van der Waals surface area contributed by atoms with Gasteiger partial charge in [0.2, 0.25) is 5.91 Å². The SMILES string of the molecule is CCC1CCC(N(C)C(=O)C2Cc3nc[nH]c3CN2)CC1. The van der Waals surface area contributed by atoms with Crippen molar-refractivity contribution in [1.82, 2.24) is 20.2 Å². The molecule has 1 unspecified atom stereocenters. The second-order valence-electron chi connectivity index (χ2n) is 6.50. The standard InChI is InChI=1S/C16H26N4O/c1-3-11-4-6-12(7-5-11)20(2)16(21)14-8-13-15(9-17-14)19-10-18-13/h10-12,14,17H,3-9H2,1-2H3,(H,18,19). The minimum Gasteiger partial charge on any atom is -0.347 e. The van der Waals surface area contributed by atoms with Crippen LogP contribution in [0.2, 0.25) is 0 Å². The lowest BCUT2D eigenvalue weighted by molar-refractivity contribution is -0.135. The average molecular weight is 290 g/mol. The molecule has 1 aliphatic carbocycles. The number of aromatic nitrogens is 2. The van der Waals surface area contributed by atoms with E-state index in [4.69, 9.17) is 0 Å². The van der Waals surface area contributed by atoms with Crippen molar-refractivity contribution in [1.29, 1.82) is 0 Å². The Bertz CT molecular complexity index is 490. The van der Waals surface area contributed by atoms with Crippen molar-refractivity contribution < 1.29 is 4.79 Å². The molecule has 1 aliphatic heterocycles. The van der Waals surface area contributed by atoms with Gasteiger partial charge in [0.25, 0.3) is 0 Å².